The van der Waals surface area contributed by atoms with Crippen LogP contribution in [-0.2, 0) is 9.53 Å². The second-order valence-electron chi connectivity index (χ2n) is 5.05. The van der Waals surface area contributed by atoms with E-state index in [4.69, 9.17) is 4.74 Å². The largest absolute Gasteiger partial charge is 0.375 e. The smallest absolute Gasteiger partial charge is 0.245 e. The number of halogens is 2. The van der Waals surface area contributed by atoms with Crippen LogP contribution in [0, 0.1) is 0 Å². The van der Waals surface area contributed by atoms with Gasteiger partial charge in [-0.1, -0.05) is 28.1 Å². The van der Waals surface area contributed by atoms with Crippen molar-refractivity contribution in [1.82, 2.24) is 10.3 Å². The van der Waals surface area contributed by atoms with Crippen LogP contribution < -0.4 is 10.6 Å². The summed E-state index contributed by atoms with van der Waals surface area (Å²) < 4.78 is 6.49. The van der Waals surface area contributed by atoms with Gasteiger partial charge in [0.05, 0.1) is 18.4 Å². The van der Waals surface area contributed by atoms with Crippen LogP contribution in [0.1, 0.15) is 6.92 Å². The highest BCUT2D eigenvalue weighted by atomic mass is 79.9. The maximum absolute atomic E-state index is 12.3. The lowest BCUT2D eigenvalue weighted by molar-refractivity contribution is -0.123. The van der Waals surface area contributed by atoms with Gasteiger partial charge in [0.25, 0.3) is 0 Å². The van der Waals surface area contributed by atoms with Crippen LogP contribution in [0.3, 0.4) is 0 Å². The molecule has 8 heteroatoms. The van der Waals surface area contributed by atoms with Gasteiger partial charge >= 0.3 is 0 Å². The Bertz CT molecular complexity index is 682. The second-order valence-corrected chi connectivity index (χ2v) is 6.82. The third kappa shape index (κ3) is 4.51. The van der Waals surface area contributed by atoms with Gasteiger partial charge in [-0.3, -0.25) is 4.79 Å². The lowest BCUT2D eigenvalue weighted by Gasteiger charge is -2.28. The Morgan fingerprint density at radius 3 is 3.09 bits per heavy atom. The van der Waals surface area contributed by atoms with E-state index in [-0.39, 0.29) is 30.5 Å². The van der Waals surface area contributed by atoms with E-state index < -0.39 is 0 Å². The molecule has 0 unspecified atom stereocenters. The number of rotatable bonds is 3. The van der Waals surface area contributed by atoms with Gasteiger partial charge in [-0.25, -0.2) is 4.98 Å². The summed E-state index contributed by atoms with van der Waals surface area (Å²) in [4.78, 5) is 16.8. The van der Waals surface area contributed by atoms with Crippen molar-refractivity contribution in [1.29, 1.82) is 0 Å². The van der Waals surface area contributed by atoms with E-state index in [9.17, 15) is 4.79 Å². The summed E-state index contributed by atoms with van der Waals surface area (Å²) in [5.74, 6) is -0.109. The summed E-state index contributed by atoms with van der Waals surface area (Å²) in [6.07, 6.45) is -0.140. The first-order valence-corrected chi connectivity index (χ1v) is 8.68. The van der Waals surface area contributed by atoms with Gasteiger partial charge in [-0.05, 0) is 19.1 Å². The van der Waals surface area contributed by atoms with Crippen LogP contribution in [0.25, 0.3) is 11.3 Å². The van der Waals surface area contributed by atoms with Gasteiger partial charge in [-0.15, -0.1) is 23.7 Å². The highest BCUT2D eigenvalue weighted by molar-refractivity contribution is 9.10. The van der Waals surface area contributed by atoms with Crippen LogP contribution in [0.15, 0.2) is 34.1 Å². The molecule has 2 heterocycles. The first-order chi connectivity index (χ1) is 10.6. The zero-order valence-corrected chi connectivity index (χ0v) is 15.6. The standard InChI is InChI=1S/C15H16BrN3O2S.ClH/c1-9-13(17-5-6-21-9)14(20)19-15-18-12(8-22-15)10-3-2-4-11(16)7-10;/h2-4,7-9,13,17H,5-6H2,1H3,(H,18,19,20);1H/t9-,13+;/m1./s1. The molecule has 2 atom stereocenters. The first kappa shape index (κ1) is 18.4. The molecule has 0 saturated carbocycles. The highest BCUT2D eigenvalue weighted by Gasteiger charge is 2.28. The number of amides is 1. The molecule has 1 aliphatic heterocycles. The normalized spacial score (nSPS) is 20.6. The Balaban J connectivity index is 0.00000192. The SMILES string of the molecule is C[C@H]1OCCN[C@@H]1C(=O)Nc1nc(-c2cccc(Br)c2)cs1.Cl. The summed E-state index contributed by atoms with van der Waals surface area (Å²) in [6.45, 7) is 3.21. The quantitative estimate of drug-likeness (QED) is 0.803. The van der Waals surface area contributed by atoms with E-state index in [1.54, 1.807) is 0 Å². The monoisotopic (exact) mass is 417 g/mol. The molecule has 2 N–H and O–H groups in total. The minimum absolute atomic E-state index is 0. The van der Waals surface area contributed by atoms with Crippen molar-refractivity contribution in [2.24, 2.45) is 0 Å². The topological polar surface area (TPSA) is 63.2 Å². The molecule has 0 aliphatic carbocycles. The average molecular weight is 419 g/mol. The number of benzene rings is 1. The number of ether oxygens (including phenoxy) is 1. The summed E-state index contributed by atoms with van der Waals surface area (Å²) in [6, 6.07) is 7.58. The zero-order chi connectivity index (χ0) is 15.5. The fourth-order valence-corrected chi connectivity index (χ4v) is 3.44. The molecule has 1 amide bonds. The number of hydrogen-bond donors (Lipinski definition) is 2. The van der Waals surface area contributed by atoms with Gasteiger partial charge in [0, 0.05) is 22.0 Å². The molecular formula is C15H17BrClN3O2S. The summed E-state index contributed by atoms with van der Waals surface area (Å²) >= 11 is 4.87. The minimum atomic E-state index is -0.341. The first-order valence-electron chi connectivity index (χ1n) is 7.01. The van der Waals surface area contributed by atoms with Crippen molar-refractivity contribution in [2.45, 2.75) is 19.1 Å². The van der Waals surface area contributed by atoms with Crippen molar-refractivity contribution in [3.05, 3.63) is 34.1 Å². The van der Waals surface area contributed by atoms with Crippen molar-refractivity contribution in [2.75, 3.05) is 18.5 Å². The number of anilines is 1. The molecule has 1 aliphatic rings. The number of thiazole rings is 1. The van der Waals surface area contributed by atoms with E-state index >= 15 is 0 Å². The number of carbonyl (C=O) groups excluding carboxylic acids is 1. The predicted octanol–water partition coefficient (Wildman–Crippen LogP) is 3.31. The van der Waals surface area contributed by atoms with Gasteiger partial charge in [0.2, 0.25) is 5.91 Å². The van der Waals surface area contributed by atoms with Crippen LogP contribution in [0.5, 0.6) is 0 Å². The molecule has 1 aromatic heterocycles. The Morgan fingerprint density at radius 2 is 2.35 bits per heavy atom. The predicted molar refractivity (Wildman–Crippen MR) is 98.3 cm³/mol. The highest BCUT2D eigenvalue weighted by Crippen LogP contribution is 2.27. The van der Waals surface area contributed by atoms with E-state index in [1.807, 2.05) is 36.6 Å². The van der Waals surface area contributed by atoms with Gasteiger partial charge < -0.3 is 15.4 Å². The molecule has 0 spiro atoms. The number of hydrogen-bond acceptors (Lipinski definition) is 5. The number of nitrogens with zero attached hydrogens (tertiary/aromatic N) is 1. The number of nitrogens with one attached hydrogen (secondary N) is 2. The van der Waals surface area contributed by atoms with Crippen molar-refractivity contribution in [3.8, 4) is 11.3 Å². The fraction of sp³-hybridized carbons (Fsp3) is 0.333. The molecule has 2 aromatic rings. The Kier molecular flexibility index (Phi) is 6.55. The fourth-order valence-electron chi connectivity index (χ4n) is 2.32. The maximum Gasteiger partial charge on any atom is 0.245 e. The van der Waals surface area contributed by atoms with Crippen LogP contribution in [-0.4, -0.2) is 36.2 Å². The van der Waals surface area contributed by atoms with E-state index in [2.05, 4.69) is 31.5 Å². The molecular weight excluding hydrogens is 402 g/mol. The van der Waals surface area contributed by atoms with Crippen molar-refractivity contribution < 1.29 is 9.53 Å². The molecule has 1 saturated heterocycles. The average Bonchev–Trinajstić information content (AvgIpc) is 2.96. The van der Waals surface area contributed by atoms with Crippen molar-refractivity contribution >= 4 is 50.7 Å². The summed E-state index contributed by atoms with van der Waals surface area (Å²) in [7, 11) is 0. The molecule has 23 heavy (non-hydrogen) atoms. The van der Waals surface area contributed by atoms with Crippen molar-refractivity contribution in [3.63, 3.8) is 0 Å². The Hall–Kier alpha value is -0.990. The number of carbonyl (C=O) groups is 1. The van der Waals surface area contributed by atoms with Crippen LogP contribution in [0.2, 0.25) is 0 Å². The summed E-state index contributed by atoms with van der Waals surface area (Å²) in [5.41, 5.74) is 1.86. The zero-order valence-electron chi connectivity index (χ0n) is 12.4. The van der Waals surface area contributed by atoms with Gasteiger partial charge in [-0.2, -0.15) is 0 Å². The molecule has 0 radical (unpaired) electrons. The minimum Gasteiger partial charge on any atom is -0.375 e. The summed E-state index contributed by atoms with van der Waals surface area (Å²) in [5, 5.41) is 8.56. The van der Waals surface area contributed by atoms with Gasteiger partial charge in [0.1, 0.15) is 6.04 Å². The van der Waals surface area contributed by atoms with Crippen LogP contribution in [0.4, 0.5) is 5.13 Å². The van der Waals surface area contributed by atoms with E-state index in [0.717, 1.165) is 15.7 Å². The molecule has 1 fully saturated rings. The second kappa shape index (κ2) is 8.21. The molecule has 1 aromatic carbocycles. The Labute approximate surface area is 153 Å². The Morgan fingerprint density at radius 1 is 1.52 bits per heavy atom. The maximum atomic E-state index is 12.3. The lowest BCUT2D eigenvalue weighted by Crippen LogP contribution is -2.53. The molecule has 3 rings (SSSR count). The number of aromatic nitrogens is 1. The lowest BCUT2D eigenvalue weighted by atomic mass is 10.1. The molecule has 124 valence electrons. The third-order valence-electron chi connectivity index (χ3n) is 3.45. The number of morpholine rings is 1. The van der Waals surface area contributed by atoms with Crippen LogP contribution >= 0.6 is 39.7 Å². The van der Waals surface area contributed by atoms with E-state index in [1.165, 1.54) is 11.3 Å². The molecule has 0 bridgehead atoms. The molecule has 5 nitrogen and oxygen atoms in total. The van der Waals surface area contributed by atoms with Gasteiger partial charge in [0.15, 0.2) is 5.13 Å². The third-order valence-corrected chi connectivity index (χ3v) is 4.70. The van der Waals surface area contributed by atoms with E-state index in [0.29, 0.717) is 18.3 Å².